The predicted octanol–water partition coefficient (Wildman–Crippen LogP) is 2.14. The lowest BCUT2D eigenvalue weighted by Crippen LogP contribution is -2.07. The van der Waals surface area contributed by atoms with Crippen LogP contribution in [0.4, 0.5) is 0 Å². The fraction of sp³-hybridized carbons (Fsp3) is 0.455. The van der Waals surface area contributed by atoms with E-state index < -0.39 is 0 Å². The molecule has 0 aromatic heterocycles. The zero-order valence-electron chi connectivity index (χ0n) is 8.16. The smallest absolute Gasteiger partial charge is 0.122 e. The highest BCUT2D eigenvalue weighted by molar-refractivity contribution is 5.31. The van der Waals surface area contributed by atoms with Crippen LogP contribution in [0.1, 0.15) is 18.9 Å². The molecule has 0 spiro atoms. The van der Waals surface area contributed by atoms with Crippen molar-refractivity contribution >= 4 is 0 Å². The average Bonchev–Trinajstić information content (AvgIpc) is 2.08. The molecular weight excluding hydrogens is 164 g/mol. The van der Waals surface area contributed by atoms with Gasteiger partial charge in [-0.05, 0) is 25.5 Å². The van der Waals surface area contributed by atoms with Crippen LogP contribution >= 0.6 is 0 Å². The summed E-state index contributed by atoms with van der Waals surface area (Å²) in [6.07, 6.45) is 0.387. The molecule has 72 valence electrons. The molecule has 2 nitrogen and oxygen atoms in total. The summed E-state index contributed by atoms with van der Waals surface area (Å²) in [4.78, 5) is 0. The first-order valence-corrected chi connectivity index (χ1v) is 4.56. The van der Waals surface area contributed by atoms with E-state index in [4.69, 9.17) is 9.84 Å². The van der Waals surface area contributed by atoms with Crippen molar-refractivity contribution in [2.24, 2.45) is 0 Å². The molecule has 1 rings (SSSR count). The Balaban J connectivity index is 2.41. The van der Waals surface area contributed by atoms with Crippen LogP contribution in [0.25, 0.3) is 0 Å². The summed E-state index contributed by atoms with van der Waals surface area (Å²) in [7, 11) is 0. The van der Waals surface area contributed by atoms with E-state index in [0.29, 0.717) is 13.0 Å². The topological polar surface area (TPSA) is 29.5 Å². The third-order valence-electron chi connectivity index (χ3n) is 1.89. The summed E-state index contributed by atoms with van der Waals surface area (Å²) < 4.78 is 5.49. The van der Waals surface area contributed by atoms with Gasteiger partial charge >= 0.3 is 0 Å². The molecule has 0 aliphatic rings. The van der Waals surface area contributed by atoms with Crippen LogP contribution in [0.15, 0.2) is 24.3 Å². The second kappa shape index (κ2) is 4.87. The van der Waals surface area contributed by atoms with Crippen molar-refractivity contribution in [3.05, 3.63) is 29.8 Å². The molecule has 0 bridgehead atoms. The van der Waals surface area contributed by atoms with Gasteiger partial charge in [-0.25, -0.2) is 0 Å². The van der Waals surface area contributed by atoms with Gasteiger partial charge in [-0.2, -0.15) is 0 Å². The minimum atomic E-state index is -0.288. The third kappa shape index (κ3) is 3.47. The van der Waals surface area contributed by atoms with Gasteiger partial charge in [0.05, 0.1) is 12.7 Å². The van der Waals surface area contributed by atoms with Gasteiger partial charge in [0, 0.05) is 6.42 Å². The Morgan fingerprint density at radius 1 is 1.38 bits per heavy atom. The Morgan fingerprint density at radius 2 is 2.08 bits per heavy atom. The van der Waals surface area contributed by atoms with Crippen LogP contribution in [0.3, 0.4) is 0 Å². The monoisotopic (exact) mass is 180 g/mol. The number of para-hydroxylation sites is 1. The van der Waals surface area contributed by atoms with E-state index in [0.717, 1.165) is 11.3 Å². The van der Waals surface area contributed by atoms with Crippen molar-refractivity contribution in [2.75, 3.05) is 6.61 Å². The van der Waals surface area contributed by atoms with Crippen LogP contribution in [-0.2, 0) is 0 Å². The van der Waals surface area contributed by atoms with Gasteiger partial charge in [-0.3, -0.25) is 0 Å². The standard InChI is InChI=1S/C11H16O2/c1-9-5-3-4-6-11(9)13-8-7-10(2)12/h3-6,10,12H,7-8H2,1-2H3. The fourth-order valence-corrected chi connectivity index (χ4v) is 1.06. The zero-order chi connectivity index (χ0) is 9.68. The molecule has 0 heterocycles. The fourth-order valence-electron chi connectivity index (χ4n) is 1.06. The number of hydrogen-bond acceptors (Lipinski definition) is 2. The Hall–Kier alpha value is -1.02. The molecule has 13 heavy (non-hydrogen) atoms. The highest BCUT2D eigenvalue weighted by Gasteiger charge is 1.99. The van der Waals surface area contributed by atoms with Gasteiger partial charge < -0.3 is 9.84 Å². The van der Waals surface area contributed by atoms with Crippen LogP contribution < -0.4 is 4.74 Å². The van der Waals surface area contributed by atoms with Gasteiger partial charge in [-0.15, -0.1) is 0 Å². The van der Waals surface area contributed by atoms with E-state index in [2.05, 4.69) is 0 Å². The van der Waals surface area contributed by atoms with Crippen molar-refractivity contribution in [3.8, 4) is 5.75 Å². The summed E-state index contributed by atoms with van der Waals surface area (Å²) in [5.74, 6) is 0.906. The molecule has 1 atom stereocenters. The van der Waals surface area contributed by atoms with Gasteiger partial charge in [0.1, 0.15) is 5.75 Å². The van der Waals surface area contributed by atoms with E-state index >= 15 is 0 Å². The van der Waals surface area contributed by atoms with Crippen molar-refractivity contribution in [3.63, 3.8) is 0 Å². The van der Waals surface area contributed by atoms with Crippen LogP contribution in [0.5, 0.6) is 5.75 Å². The molecule has 1 aromatic carbocycles. The quantitative estimate of drug-likeness (QED) is 0.769. The molecule has 0 fully saturated rings. The van der Waals surface area contributed by atoms with Gasteiger partial charge in [0.15, 0.2) is 0 Å². The van der Waals surface area contributed by atoms with Crippen molar-refractivity contribution in [2.45, 2.75) is 26.4 Å². The van der Waals surface area contributed by atoms with E-state index in [9.17, 15) is 0 Å². The largest absolute Gasteiger partial charge is 0.493 e. The average molecular weight is 180 g/mol. The summed E-state index contributed by atoms with van der Waals surface area (Å²) in [5, 5.41) is 9.02. The number of hydrogen-bond donors (Lipinski definition) is 1. The minimum Gasteiger partial charge on any atom is -0.493 e. The molecule has 2 heteroatoms. The van der Waals surface area contributed by atoms with Crippen molar-refractivity contribution in [1.29, 1.82) is 0 Å². The number of aryl methyl sites for hydroxylation is 1. The summed E-state index contributed by atoms with van der Waals surface area (Å²) in [6.45, 7) is 4.35. The maximum absolute atomic E-state index is 9.02. The maximum atomic E-state index is 9.02. The molecule has 0 saturated carbocycles. The zero-order valence-corrected chi connectivity index (χ0v) is 8.16. The lowest BCUT2D eigenvalue weighted by atomic mass is 10.2. The predicted molar refractivity (Wildman–Crippen MR) is 53.0 cm³/mol. The number of aliphatic hydroxyl groups is 1. The van der Waals surface area contributed by atoms with Crippen LogP contribution in [0.2, 0.25) is 0 Å². The van der Waals surface area contributed by atoms with E-state index in [1.807, 2.05) is 31.2 Å². The summed E-state index contributed by atoms with van der Waals surface area (Å²) >= 11 is 0. The van der Waals surface area contributed by atoms with Crippen LogP contribution in [-0.4, -0.2) is 17.8 Å². The first-order chi connectivity index (χ1) is 6.20. The molecule has 0 aliphatic carbocycles. The normalized spacial score (nSPS) is 12.5. The molecular formula is C11H16O2. The minimum absolute atomic E-state index is 0.288. The third-order valence-corrected chi connectivity index (χ3v) is 1.89. The highest BCUT2D eigenvalue weighted by atomic mass is 16.5. The first-order valence-electron chi connectivity index (χ1n) is 4.56. The molecule has 1 aromatic rings. The summed E-state index contributed by atoms with van der Waals surface area (Å²) in [6, 6.07) is 7.89. The van der Waals surface area contributed by atoms with Gasteiger partial charge in [0.2, 0.25) is 0 Å². The number of aliphatic hydroxyl groups excluding tert-OH is 1. The molecule has 0 aliphatic heterocycles. The molecule has 0 radical (unpaired) electrons. The SMILES string of the molecule is Cc1ccccc1OCCC(C)O. The number of ether oxygens (including phenoxy) is 1. The first kappa shape index (κ1) is 10.1. The summed E-state index contributed by atoms with van der Waals surface area (Å²) in [5.41, 5.74) is 1.13. The Bertz CT molecular complexity index is 256. The number of rotatable bonds is 4. The Labute approximate surface area is 79.2 Å². The van der Waals surface area contributed by atoms with E-state index in [1.165, 1.54) is 0 Å². The molecule has 1 N–H and O–H groups in total. The molecule has 0 amide bonds. The van der Waals surface area contributed by atoms with Gasteiger partial charge in [-0.1, -0.05) is 18.2 Å². The lowest BCUT2D eigenvalue weighted by molar-refractivity contribution is 0.155. The Kier molecular flexibility index (Phi) is 3.77. The molecule has 1 unspecified atom stereocenters. The Morgan fingerprint density at radius 3 is 2.69 bits per heavy atom. The van der Waals surface area contributed by atoms with Crippen LogP contribution in [0, 0.1) is 6.92 Å². The van der Waals surface area contributed by atoms with Crippen molar-refractivity contribution in [1.82, 2.24) is 0 Å². The maximum Gasteiger partial charge on any atom is 0.122 e. The molecule has 0 saturated heterocycles. The number of benzene rings is 1. The lowest BCUT2D eigenvalue weighted by Gasteiger charge is -2.09. The van der Waals surface area contributed by atoms with Crippen molar-refractivity contribution < 1.29 is 9.84 Å². The van der Waals surface area contributed by atoms with E-state index in [-0.39, 0.29) is 6.10 Å². The van der Waals surface area contributed by atoms with E-state index in [1.54, 1.807) is 6.92 Å². The second-order valence-electron chi connectivity index (χ2n) is 3.25. The second-order valence-corrected chi connectivity index (χ2v) is 3.25. The van der Waals surface area contributed by atoms with Gasteiger partial charge in [0.25, 0.3) is 0 Å². The highest BCUT2D eigenvalue weighted by Crippen LogP contribution is 2.16.